The third-order valence-electron chi connectivity index (χ3n) is 4.51. The van der Waals surface area contributed by atoms with E-state index in [1.54, 1.807) is 35.5 Å². The molecule has 1 aromatic carbocycles. The van der Waals surface area contributed by atoms with E-state index in [4.69, 9.17) is 23.2 Å². The molecule has 1 fully saturated rings. The fraction of sp³-hybridized carbons (Fsp3) is 0.316. The topological polar surface area (TPSA) is 62.3 Å². The quantitative estimate of drug-likeness (QED) is 0.866. The van der Waals surface area contributed by atoms with Crippen molar-refractivity contribution in [3.05, 3.63) is 63.9 Å². The highest BCUT2D eigenvalue weighted by molar-refractivity contribution is 6.42. The lowest BCUT2D eigenvalue weighted by Crippen LogP contribution is -2.42. The van der Waals surface area contributed by atoms with Gasteiger partial charge in [-0.15, -0.1) is 0 Å². The number of carbonyl (C=O) groups excluding carboxylic acids is 2. The van der Waals surface area contributed by atoms with E-state index in [1.165, 1.54) is 0 Å². The average Bonchev–Trinajstić information content (AvgIpc) is 2.68. The number of nitrogens with one attached hydrogen (secondary N) is 1. The van der Waals surface area contributed by atoms with Crippen LogP contribution in [0, 0.1) is 5.92 Å². The highest BCUT2D eigenvalue weighted by Gasteiger charge is 2.27. The summed E-state index contributed by atoms with van der Waals surface area (Å²) in [5.74, 6) is -0.141. The molecule has 7 heteroatoms. The molecule has 2 amide bonds. The van der Waals surface area contributed by atoms with Crippen LogP contribution in [0.5, 0.6) is 0 Å². The summed E-state index contributed by atoms with van der Waals surface area (Å²) >= 11 is 11.9. The molecular formula is C19H19Cl2N3O2. The summed E-state index contributed by atoms with van der Waals surface area (Å²) < 4.78 is 0. The molecule has 0 spiro atoms. The van der Waals surface area contributed by atoms with Gasteiger partial charge in [0.2, 0.25) is 5.91 Å². The number of carbonyl (C=O) groups is 2. The Bertz CT molecular complexity index is 791. The van der Waals surface area contributed by atoms with Crippen molar-refractivity contribution >= 4 is 35.0 Å². The van der Waals surface area contributed by atoms with Crippen molar-refractivity contribution in [2.45, 2.75) is 19.4 Å². The monoisotopic (exact) mass is 391 g/mol. The molecule has 1 N–H and O–H groups in total. The lowest BCUT2D eigenvalue weighted by molar-refractivity contribution is -0.126. The molecule has 1 aliphatic heterocycles. The van der Waals surface area contributed by atoms with Crippen LogP contribution in [0.2, 0.25) is 10.0 Å². The Morgan fingerprint density at radius 1 is 1.15 bits per heavy atom. The molecule has 0 aliphatic carbocycles. The number of likely N-dealkylation sites (tertiary alicyclic amines) is 1. The van der Waals surface area contributed by atoms with E-state index in [-0.39, 0.29) is 17.7 Å². The molecule has 0 unspecified atom stereocenters. The number of nitrogens with zero attached hydrogens (tertiary/aromatic N) is 2. The number of hydrogen-bond acceptors (Lipinski definition) is 3. The van der Waals surface area contributed by atoms with Crippen LogP contribution in [0.1, 0.15) is 28.8 Å². The predicted octanol–water partition coefficient (Wildman–Crippen LogP) is 3.56. The van der Waals surface area contributed by atoms with Gasteiger partial charge in [-0.1, -0.05) is 29.3 Å². The predicted molar refractivity (Wildman–Crippen MR) is 101 cm³/mol. The van der Waals surface area contributed by atoms with Gasteiger partial charge >= 0.3 is 0 Å². The minimum atomic E-state index is -0.0854. The van der Waals surface area contributed by atoms with E-state index in [9.17, 15) is 9.59 Å². The zero-order chi connectivity index (χ0) is 18.5. The zero-order valence-electron chi connectivity index (χ0n) is 14.1. The van der Waals surface area contributed by atoms with E-state index in [0.29, 0.717) is 48.1 Å². The Morgan fingerprint density at radius 2 is 1.92 bits per heavy atom. The molecule has 1 aromatic heterocycles. The van der Waals surface area contributed by atoms with Crippen molar-refractivity contribution in [1.82, 2.24) is 15.2 Å². The Labute approximate surface area is 162 Å². The Balaban J connectivity index is 1.51. The molecule has 0 saturated carbocycles. The van der Waals surface area contributed by atoms with Crippen LogP contribution < -0.4 is 5.32 Å². The maximum Gasteiger partial charge on any atom is 0.253 e. The molecule has 26 heavy (non-hydrogen) atoms. The second-order valence-corrected chi connectivity index (χ2v) is 7.09. The van der Waals surface area contributed by atoms with Crippen LogP contribution in [0.4, 0.5) is 0 Å². The molecule has 0 bridgehead atoms. The first kappa shape index (κ1) is 18.7. The number of piperidine rings is 1. The summed E-state index contributed by atoms with van der Waals surface area (Å²) in [6.07, 6.45) is 4.72. The summed E-state index contributed by atoms with van der Waals surface area (Å²) in [7, 11) is 0. The first-order valence-corrected chi connectivity index (χ1v) is 9.21. The SMILES string of the molecule is O=C(NCc1cccnc1)C1CCN(C(=O)c2ccc(Cl)c(Cl)c2)CC1. The van der Waals surface area contributed by atoms with Gasteiger partial charge in [-0.05, 0) is 42.7 Å². The fourth-order valence-corrected chi connectivity index (χ4v) is 3.29. The van der Waals surface area contributed by atoms with E-state index in [2.05, 4.69) is 10.3 Å². The Kier molecular flexibility index (Phi) is 6.12. The van der Waals surface area contributed by atoms with Crippen molar-refractivity contribution < 1.29 is 9.59 Å². The molecule has 1 aliphatic rings. The molecule has 2 heterocycles. The van der Waals surface area contributed by atoms with E-state index in [0.717, 1.165) is 5.56 Å². The van der Waals surface area contributed by atoms with Crippen LogP contribution in [0.25, 0.3) is 0 Å². The number of aromatic nitrogens is 1. The highest BCUT2D eigenvalue weighted by Crippen LogP contribution is 2.25. The second kappa shape index (κ2) is 8.52. The van der Waals surface area contributed by atoms with E-state index in [1.807, 2.05) is 12.1 Å². The van der Waals surface area contributed by atoms with Crippen molar-refractivity contribution in [1.29, 1.82) is 0 Å². The van der Waals surface area contributed by atoms with Gasteiger partial charge in [0.1, 0.15) is 0 Å². The maximum atomic E-state index is 12.6. The molecule has 2 aromatic rings. The summed E-state index contributed by atoms with van der Waals surface area (Å²) in [5.41, 5.74) is 1.48. The molecular weight excluding hydrogens is 373 g/mol. The van der Waals surface area contributed by atoms with Crippen LogP contribution in [0.15, 0.2) is 42.7 Å². The van der Waals surface area contributed by atoms with Crippen molar-refractivity contribution in [2.24, 2.45) is 5.92 Å². The van der Waals surface area contributed by atoms with Crippen molar-refractivity contribution in [3.63, 3.8) is 0 Å². The van der Waals surface area contributed by atoms with Crippen molar-refractivity contribution in [2.75, 3.05) is 13.1 Å². The first-order chi connectivity index (χ1) is 12.5. The standard InChI is InChI=1S/C19H19Cl2N3O2/c20-16-4-3-15(10-17(16)21)19(26)24-8-5-14(6-9-24)18(25)23-12-13-2-1-7-22-11-13/h1-4,7,10-11,14H,5-6,8-9,12H2,(H,23,25). The van der Waals surface area contributed by atoms with Gasteiger partial charge in [0.15, 0.2) is 0 Å². The number of hydrogen-bond donors (Lipinski definition) is 1. The number of rotatable bonds is 4. The average molecular weight is 392 g/mol. The maximum absolute atomic E-state index is 12.6. The lowest BCUT2D eigenvalue weighted by atomic mass is 9.95. The van der Waals surface area contributed by atoms with Gasteiger partial charge in [0, 0.05) is 43.5 Å². The first-order valence-electron chi connectivity index (χ1n) is 8.45. The zero-order valence-corrected chi connectivity index (χ0v) is 15.6. The van der Waals surface area contributed by atoms with Gasteiger partial charge in [-0.25, -0.2) is 0 Å². The third-order valence-corrected chi connectivity index (χ3v) is 5.25. The third kappa shape index (κ3) is 4.54. The smallest absolute Gasteiger partial charge is 0.253 e. The minimum absolute atomic E-state index is 0.0236. The molecule has 0 radical (unpaired) electrons. The number of benzene rings is 1. The Morgan fingerprint density at radius 3 is 2.58 bits per heavy atom. The van der Waals surface area contributed by atoms with Gasteiger partial charge < -0.3 is 10.2 Å². The number of pyridine rings is 1. The van der Waals surface area contributed by atoms with Crippen LogP contribution in [0.3, 0.4) is 0 Å². The molecule has 1 saturated heterocycles. The van der Waals surface area contributed by atoms with Crippen LogP contribution >= 0.6 is 23.2 Å². The van der Waals surface area contributed by atoms with Crippen LogP contribution in [-0.4, -0.2) is 34.8 Å². The molecule has 136 valence electrons. The van der Waals surface area contributed by atoms with E-state index >= 15 is 0 Å². The molecule has 5 nitrogen and oxygen atoms in total. The van der Waals surface area contributed by atoms with Gasteiger partial charge in [0.25, 0.3) is 5.91 Å². The van der Waals surface area contributed by atoms with Crippen LogP contribution in [-0.2, 0) is 11.3 Å². The van der Waals surface area contributed by atoms with E-state index < -0.39 is 0 Å². The van der Waals surface area contributed by atoms with Gasteiger partial charge in [-0.2, -0.15) is 0 Å². The normalized spacial score (nSPS) is 14.9. The highest BCUT2D eigenvalue weighted by atomic mass is 35.5. The summed E-state index contributed by atoms with van der Waals surface area (Å²) in [5, 5.41) is 3.73. The molecule has 3 rings (SSSR count). The largest absolute Gasteiger partial charge is 0.352 e. The lowest BCUT2D eigenvalue weighted by Gasteiger charge is -2.31. The van der Waals surface area contributed by atoms with Crippen molar-refractivity contribution in [3.8, 4) is 0 Å². The minimum Gasteiger partial charge on any atom is -0.352 e. The summed E-state index contributed by atoms with van der Waals surface area (Å²) in [6, 6.07) is 8.64. The van der Waals surface area contributed by atoms with Gasteiger partial charge in [0.05, 0.1) is 10.0 Å². The summed E-state index contributed by atoms with van der Waals surface area (Å²) in [6.45, 7) is 1.56. The fourth-order valence-electron chi connectivity index (χ4n) is 2.99. The Hall–Kier alpha value is -2.11. The number of amides is 2. The summed E-state index contributed by atoms with van der Waals surface area (Å²) in [4.78, 5) is 30.7. The van der Waals surface area contributed by atoms with Gasteiger partial charge in [-0.3, -0.25) is 14.6 Å². The number of halogens is 2. The molecule has 0 atom stereocenters. The second-order valence-electron chi connectivity index (χ2n) is 6.27.